The summed E-state index contributed by atoms with van der Waals surface area (Å²) >= 11 is 0. The Bertz CT molecular complexity index is 350. The fraction of sp³-hybridized carbons (Fsp3) is 0.462. The summed E-state index contributed by atoms with van der Waals surface area (Å²) in [5.41, 5.74) is 1.92. The molecule has 0 aromatic heterocycles. The minimum Gasteiger partial charge on any atom is -0.387 e. The Labute approximate surface area is 96.5 Å². The van der Waals surface area contributed by atoms with Crippen molar-refractivity contribution in [3.05, 3.63) is 35.4 Å². The van der Waals surface area contributed by atoms with Gasteiger partial charge in [-0.15, -0.1) is 0 Å². The van der Waals surface area contributed by atoms with Crippen molar-refractivity contribution in [2.75, 3.05) is 6.54 Å². The summed E-state index contributed by atoms with van der Waals surface area (Å²) in [5, 5.41) is 12.6. The van der Waals surface area contributed by atoms with Crippen molar-refractivity contribution in [2.45, 2.75) is 32.8 Å². The quantitative estimate of drug-likeness (QED) is 0.798. The summed E-state index contributed by atoms with van der Waals surface area (Å²) in [4.78, 5) is 11.2. The molecule has 3 heteroatoms. The lowest BCUT2D eigenvalue weighted by Gasteiger charge is -2.14. The highest BCUT2D eigenvalue weighted by atomic mass is 16.3. The SMILES string of the molecule is CCCC(=O)NCC(O)c1ccccc1C. The zero-order valence-electron chi connectivity index (χ0n) is 9.86. The molecule has 1 unspecified atom stereocenters. The van der Waals surface area contributed by atoms with Gasteiger partial charge in [0.1, 0.15) is 0 Å². The van der Waals surface area contributed by atoms with Crippen LogP contribution < -0.4 is 5.32 Å². The van der Waals surface area contributed by atoms with Gasteiger partial charge in [-0.2, -0.15) is 0 Å². The number of hydrogen-bond acceptors (Lipinski definition) is 2. The molecule has 0 radical (unpaired) electrons. The molecule has 0 aliphatic heterocycles. The van der Waals surface area contributed by atoms with Gasteiger partial charge in [-0.25, -0.2) is 0 Å². The molecule has 1 aromatic carbocycles. The molecule has 0 spiro atoms. The van der Waals surface area contributed by atoms with Crippen molar-refractivity contribution in [2.24, 2.45) is 0 Å². The molecule has 0 bridgehead atoms. The number of aryl methyl sites for hydroxylation is 1. The largest absolute Gasteiger partial charge is 0.387 e. The van der Waals surface area contributed by atoms with Gasteiger partial charge in [0.2, 0.25) is 5.91 Å². The third-order valence-corrected chi connectivity index (χ3v) is 2.52. The number of benzene rings is 1. The van der Waals surface area contributed by atoms with E-state index in [2.05, 4.69) is 5.32 Å². The summed E-state index contributed by atoms with van der Waals surface area (Å²) in [7, 11) is 0. The van der Waals surface area contributed by atoms with Crippen molar-refractivity contribution >= 4 is 5.91 Å². The van der Waals surface area contributed by atoms with E-state index < -0.39 is 6.10 Å². The summed E-state index contributed by atoms with van der Waals surface area (Å²) in [6.07, 6.45) is 0.717. The number of amides is 1. The monoisotopic (exact) mass is 221 g/mol. The van der Waals surface area contributed by atoms with Crippen molar-refractivity contribution in [3.63, 3.8) is 0 Å². The molecule has 0 saturated carbocycles. The Morgan fingerprint density at radius 1 is 1.44 bits per heavy atom. The van der Waals surface area contributed by atoms with E-state index >= 15 is 0 Å². The number of hydrogen-bond donors (Lipinski definition) is 2. The Morgan fingerprint density at radius 2 is 2.12 bits per heavy atom. The van der Waals surface area contributed by atoms with Gasteiger partial charge in [0.25, 0.3) is 0 Å². The average molecular weight is 221 g/mol. The van der Waals surface area contributed by atoms with Gasteiger partial charge in [0.15, 0.2) is 0 Å². The van der Waals surface area contributed by atoms with E-state index in [1.165, 1.54) is 0 Å². The molecule has 0 fully saturated rings. The number of aliphatic hydroxyl groups is 1. The van der Waals surface area contributed by atoms with Crippen molar-refractivity contribution < 1.29 is 9.90 Å². The van der Waals surface area contributed by atoms with E-state index in [9.17, 15) is 9.90 Å². The van der Waals surface area contributed by atoms with Crippen LogP contribution in [0.5, 0.6) is 0 Å². The van der Waals surface area contributed by atoms with Gasteiger partial charge in [0.05, 0.1) is 6.10 Å². The predicted octanol–water partition coefficient (Wildman–Crippen LogP) is 1.94. The molecule has 0 aliphatic rings. The lowest BCUT2D eigenvalue weighted by Crippen LogP contribution is -2.28. The number of carbonyl (C=O) groups is 1. The van der Waals surface area contributed by atoms with Crippen LogP contribution in [0.4, 0.5) is 0 Å². The molecular formula is C13H19NO2. The van der Waals surface area contributed by atoms with E-state index in [1.54, 1.807) is 0 Å². The Balaban J connectivity index is 2.50. The molecule has 0 heterocycles. The van der Waals surface area contributed by atoms with Crippen LogP contribution in [-0.2, 0) is 4.79 Å². The minimum absolute atomic E-state index is 0.00451. The van der Waals surface area contributed by atoms with Crippen LogP contribution in [-0.4, -0.2) is 17.6 Å². The van der Waals surface area contributed by atoms with E-state index in [0.717, 1.165) is 17.5 Å². The molecule has 1 amide bonds. The maximum atomic E-state index is 11.2. The average Bonchev–Trinajstić information content (AvgIpc) is 2.27. The number of aliphatic hydroxyl groups excluding tert-OH is 1. The van der Waals surface area contributed by atoms with Crippen LogP contribution in [0.25, 0.3) is 0 Å². The first-order valence-corrected chi connectivity index (χ1v) is 5.65. The van der Waals surface area contributed by atoms with Crippen LogP contribution in [0.3, 0.4) is 0 Å². The normalized spacial score (nSPS) is 12.2. The van der Waals surface area contributed by atoms with E-state index in [4.69, 9.17) is 0 Å². The smallest absolute Gasteiger partial charge is 0.220 e. The molecule has 0 saturated heterocycles. The van der Waals surface area contributed by atoms with Gasteiger partial charge in [0, 0.05) is 13.0 Å². The van der Waals surface area contributed by atoms with Gasteiger partial charge in [-0.3, -0.25) is 4.79 Å². The Morgan fingerprint density at radius 3 is 2.75 bits per heavy atom. The summed E-state index contributed by atoms with van der Waals surface area (Å²) in [5.74, 6) is -0.00451. The molecule has 88 valence electrons. The van der Waals surface area contributed by atoms with Crippen molar-refractivity contribution in [3.8, 4) is 0 Å². The summed E-state index contributed by atoms with van der Waals surface area (Å²) in [6.45, 7) is 4.19. The fourth-order valence-corrected chi connectivity index (χ4v) is 1.60. The molecule has 1 atom stereocenters. The maximum Gasteiger partial charge on any atom is 0.220 e. The van der Waals surface area contributed by atoms with Gasteiger partial charge in [-0.1, -0.05) is 31.2 Å². The van der Waals surface area contributed by atoms with Crippen LogP contribution in [0.15, 0.2) is 24.3 Å². The van der Waals surface area contributed by atoms with Gasteiger partial charge >= 0.3 is 0 Å². The van der Waals surface area contributed by atoms with Crippen molar-refractivity contribution in [1.82, 2.24) is 5.32 Å². The standard InChI is InChI=1S/C13H19NO2/c1-3-6-13(16)14-9-12(15)11-8-5-4-7-10(11)2/h4-5,7-8,12,15H,3,6,9H2,1-2H3,(H,14,16). The third kappa shape index (κ3) is 3.66. The summed E-state index contributed by atoms with van der Waals surface area (Å²) in [6, 6.07) is 7.65. The highest BCUT2D eigenvalue weighted by molar-refractivity contribution is 5.75. The van der Waals surface area contributed by atoms with Gasteiger partial charge in [-0.05, 0) is 24.5 Å². The molecule has 2 N–H and O–H groups in total. The first kappa shape index (κ1) is 12.7. The molecular weight excluding hydrogens is 202 g/mol. The molecule has 16 heavy (non-hydrogen) atoms. The second-order valence-electron chi connectivity index (χ2n) is 3.93. The van der Waals surface area contributed by atoms with Crippen LogP contribution in [0, 0.1) is 6.92 Å². The highest BCUT2D eigenvalue weighted by Gasteiger charge is 2.10. The second-order valence-corrected chi connectivity index (χ2v) is 3.93. The molecule has 0 aliphatic carbocycles. The number of rotatable bonds is 5. The predicted molar refractivity (Wildman–Crippen MR) is 64.1 cm³/mol. The lowest BCUT2D eigenvalue weighted by atomic mass is 10.0. The number of nitrogens with one attached hydrogen (secondary N) is 1. The zero-order chi connectivity index (χ0) is 12.0. The molecule has 3 nitrogen and oxygen atoms in total. The fourth-order valence-electron chi connectivity index (χ4n) is 1.60. The summed E-state index contributed by atoms with van der Waals surface area (Å²) < 4.78 is 0. The zero-order valence-corrected chi connectivity index (χ0v) is 9.86. The van der Waals surface area contributed by atoms with Crippen molar-refractivity contribution in [1.29, 1.82) is 0 Å². The van der Waals surface area contributed by atoms with Crippen LogP contribution in [0.1, 0.15) is 37.0 Å². The second kappa shape index (κ2) is 6.28. The highest BCUT2D eigenvalue weighted by Crippen LogP contribution is 2.16. The molecule has 1 rings (SSSR count). The topological polar surface area (TPSA) is 49.3 Å². The Kier molecular flexibility index (Phi) is 4.99. The third-order valence-electron chi connectivity index (χ3n) is 2.52. The van der Waals surface area contributed by atoms with E-state index in [0.29, 0.717) is 6.42 Å². The van der Waals surface area contributed by atoms with Crippen LogP contribution >= 0.6 is 0 Å². The lowest BCUT2D eigenvalue weighted by molar-refractivity contribution is -0.121. The van der Waals surface area contributed by atoms with Crippen LogP contribution in [0.2, 0.25) is 0 Å². The van der Waals surface area contributed by atoms with E-state index in [1.807, 2.05) is 38.1 Å². The number of carbonyl (C=O) groups excluding carboxylic acids is 1. The van der Waals surface area contributed by atoms with E-state index in [-0.39, 0.29) is 12.5 Å². The minimum atomic E-state index is -0.623. The van der Waals surface area contributed by atoms with Gasteiger partial charge < -0.3 is 10.4 Å². The Hall–Kier alpha value is -1.35. The first-order valence-electron chi connectivity index (χ1n) is 5.65. The maximum absolute atomic E-state index is 11.2. The molecule has 1 aromatic rings. The first-order chi connectivity index (χ1) is 7.65.